The lowest BCUT2D eigenvalue weighted by atomic mass is 9.47. The largest absolute Gasteiger partial charge is 0.462 e. The molecule has 16 aliphatic carbocycles. The fourth-order valence-electron chi connectivity index (χ4n) is 26.9. The van der Waals surface area contributed by atoms with Crippen LogP contribution in [-0.2, 0) is 23.9 Å². The molecule has 0 spiro atoms. The van der Waals surface area contributed by atoms with Gasteiger partial charge in [-0.25, -0.2) is 0 Å². The standard InChI is InChI=1S/2C26H33NO2.C24H31NO.C24H29NO/c2*1-17(28)29-20-10-12-25(2)19(15-20)6-7-21-23-9-8-22(18-5-4-14-27-16-18)26(23,3)13-11-24(21)25;2*1-23-11-9-18(26)14-17(23)5-6-19-21-8-7-20(16-4-3-13-25-15-16)24(21,2)12-10-22(19)23/h2*4-6,8,14,16,20-21,23-24H,7,9-13,15H2,1-3H3;3-5,7,13,15,18-19,21-22,26H,6,8-12,14H2,1-2H3;3-5,7,13,15,19,21-22H,6,8-12,14H2,1-2H3/t2*20-,21?,23?,24?,25-,26+;18-,19?,21?,22?,23-,24+;19?,21?,22?,23-,24+/m0000/s1/i4D,5D,6D,8D,9D2,14D,16D;4D,5D,14D,16D;2*3D,4D,5D,7D,13D,15D. The number of ketones is 1. The zero-order chi connectivity index (χ0) is 97.3. The first kappa shape index (κ1) is 52.5. The first-order valence-corrected chi connectivity index (χ1v) is 41.6. The number of ether oxygens (including phenoxy) is 2. The second-order valence-electron chi connectivity index (χ2n) is 37.8. The first-order valence-electron chi connectivity index (χ1n) is 53.6. The van der Waals surface area contributed by atoms with Gasteiger partial charge in [0.1, 0.15) is 18.0 Å². The van der Waals surface area contributed by atoms with Crippen LogP contribution in [0.5, 0.6) is 0 Å². The van der Waals surface area contributed by atoms with E-state index in [2.05, 4.69) is 80.6 Å². The van der Waals surface area contributed by atoms with Crippen molar-refractivity contribution in [1.29, 1.82) is 0 Å². The van der Waals surface area contributed by atoms with Gasteiger partial charge in [-0.3, -0.25) is 34.3 Å². The fourth-order valence-corrected chi connectivity index (χ4v) is 26.9. The molecular weight excluding hydrogens is 1350 g/mol. The van der Waals surface area contributed by atoms with Crippen molar-refractivity contribution in [2.75, 3.05) is 0 Å². The molecule has 12 unspecified atom stereocenters. The molecule has 0 bridgehead atoms. The minimum Gasteiger partial charge on any atom is -0.462 e. The first-order chi connectivity index (χ1) is 62.7. The normalized spacial score (nSPS) is 45.9. The van der Waals surface area contributed by atoms with Crippen LogP contribution < -0.4 is 0 Å². The highest BCUT2D eigenvalue weighted by Gasteiger charge is 2.62. The van der Waals surface area contributed by atoms with Crippen molar-refractivity contribution in [1.82, 2.24) is 19.9 Å². The van der Waals surface area contributed by atoms with E-state index in [0.717, 1.165) is 125 Å². The number of aromatic nitrogens is 4. The van der Waals surface area contributed by atoms with Crippen LogP contribution in [0, 0.1) is 114 Å². The smallest absolute Gasteiger partial charge is 0.302 e. The Labute approximate surface area is 691 Å². The topological polar surface area (TPSA) is 141 Å². The Morgan fingerprint density at radius 3 is 1.26 bits per heavy atom. The molecule has 4 aromatic heterocycles. The van der Waals surface area contributed by atoms with Crippen LogP contribution in [0.1, 0.15) is 304 Å². The summed E-state index contributed by atoms with van der Waals surface area (Å²) in [5.41, 5.74) is 5.97. The minimum absolute atomic E-state index is 0.00417. The lowest BCUT2D eigenvalue weighted by Gasteiger charge is -2.57. The zero-order valence-electron chi connectivity index (χ0n) is 90.2. The number of aliphatic hydroxyl groups is 1. The number of Topliss-reactive ketones (excluding diaryl/α,β-unsaturated/α-hetero) is 1. The summed E-state index contributed by atoms with van der Waals surface area (Å²) in [6.07, 6.45) is 20.2. The summed E-state index contributed by atoms with van der Waals surface area (Å²) in [6.45, 7) is 20.4. The third-order valence-electron chi connectivity index (χ3n) is 32.8. The zero-order valence-corrected chi connectivity index (χ0v) is 66.2. The van der Waals surface area contributed by atoms with E-state index >= 15 is 0 Å². The van der Waals surface area contributed by atoms with E-state index < -0.39 is 40.8 Å². The number of hydrogen-bond donors (Lipinski definition) is 1. The number of pyridine rings is 4. The lowest BCUT2D eigenvalue weighted by molar-refractivity contribution is -0.149. The molecule has 582 valence electrons. The number of allylic oxidation sites excluding steroid dienone is 13. The van der Waals surface area contributed by atoms with E-state index in [0.29, 0.717) is 147 Å². The summed E-state index contributed by atoms with van der Waals surface area (Å²) in [5, 5.41) is 10.2. The summed E-state index contributed by atoms with van der Waals surface area (Å²) in [5.74, 6) is 2.10. The van der Waals surface area contributed by atoms with Gasteiger partial charge in [0.05, 0.1) is 36.3 Å². The number of carbonyl (C=O) groups excluding carboxylic acids is 3. The van der Waals surface area contributed by atoms with Gasteiger partial charge < -0.3 is 14.6 Å². The van der Waals surface area contributed by atoms with E-state index in [1.807, 2.05) is 6.92 Å². The van der Waals surface area contributed by atoms with Crippen LogP contribution in [0.2, 0.25) is 0 Å². The van der Waals surface area contributed by atoms with Gasteiger partial charge in [0.25, 0.3) is 0 Å². The van der Waals surface area contributed by atoms with Gasteiger partial charge in [-0.15, -0.1) is 0 Å². The predicted octanol–water partition coefficient (Wildman–Crippen LogP) is 22.9. The van der Waals surface area contributed by atoms with E-state index in [9.17, 15) is 19.5 Å². The maximum atomic E-state index is 12.1. The van der Waals surface area contributed by atoms with Crippen molar-refractivity contribution in [2.24, 2.45) is 114 Å². The van der Waals surface area contributed by atoms with Gasteiger partial charge in [0.15, 0.2) is 0 Å². The molecule has 1 N–H and O–H groups in total. The number of fused-ring (bicyclic) bond motifs is 20. The molecule has 8 saturated carbocycles. The second kappa shape index (κ2) is 29.2. The SMILES string of the molecule is [2H]C1=C2CC(=O)CC[C@]2(C)C2CC[C@]3(C)C(c4c([2H])nc([2H])c([2H])c4[2H])=C([2H])CC3C2C1.[2H]C1=C2C[C@@H](O)CC[C@]2(C)C2CC[C@]3(C)C(c4c([2H])nc([2H])c([2H])c4[2H])=C([2H])CC3C2C1.[2H]C1=C2C[C@@H](OC(C)=O)CC[C@]2(C)C2CC[C@]3(C)C(c4c([2H])nc([2H])c([2H])c4[2H])=C([2H])C([2H])([2H])C3C2C1.[2H]c1nc([2H])c(C2=CCC3C4CC=C5C[C@@H](OC(C)=O)CC[C@]5(C)C4CC[C@]23C)c([2H])c1[2H]. The number of aliphatic hydroxyl groups excluding tert-OH is 1. The Morgan fingerprint density at radius 1 is 0.400 bits per heavy atom. The van der Waals surface area contributed by atoms with E-state index in [1.54, 1.807) is 0 Å². The van der Waals surface area contributed by atoms with E-state index in [4.69, 9.17) is 42.4 Å². The van der Waals surface area contributed by atoms with Crippen molar-refractivity contribution in [3.63, 3.8) is 0 Å². The molecule has 23 atom stereocenters. The minimum atomic E-state index is -2.04. The molecule has 4 heterocycles. The van der Waals surface area contributed by atoms with Crippen LogP contribution in [0.4, 0.5) is 0 Å². The number of carbonyl (C=O) groups is 3. The Bertz CT molecular complexity index is 5920. The molecular formula is C100H126N4O6. The highest BCUT2D eigenvalue weighted by atomic mass is 16.5. The van der Waals surface area contributed by atoms with Crippen LogP contribution in [0.15, 0.2) is 168 Å². The molecule has 0 aromatic carbocycles. The average molecular weight is 1500 g/mol. The Morgan fingerprint density at radius 2 is 0.773 bits per heavy atom. The predicted molar refractivity (Wildman–Crippen MR) is 439 cm³/mol. The molecule has 10 nitrogen and oxygen atoms in total. The van der Waals surface area contributed by atoms with Crippen molar-refractivity contribution >= 4 is 40.0 Å². The Hall–Kier alpha value is -6.91. The molecule has 8 fully saturated rings. The van der Waals surface area contributed by atoms with Gasteiger partial charge in [-0.2, -0.15) is 0 Å². The summed E-state index contributed by atoms with van der Waals surface area (Å²) >= 11 is 0. The molecule has 0 radical (unpaired) electrons. The quantitative estimate of drug-likeness (QED) is 0.146. The van der Waals surface area contributed by atoms with Crippen LogP contribution >= 0.6 is 0 Å². The number of esters is 2. The van der Waals surface area contributed by atoms with Crippen LogP contribution in [0.25, 0.3) is 22.3 Å². The van der Waals surface area contributed by atoms with Crippen molar-refractivity contribution in [2.45, 2.75) is 267 Å². The summed E-state index contributed by atoms with van der Waals surface area (Å²) < 4.78 is 213. The molecule has 10 heteroatoms. The van der Waals surface area contributed by atoms with Crippen LogP contribution in [0.3, 0.4) is 0 Å². The van der Waals surface area contributed by atoms with E-state index in [1.165, 1.54) is 19.4 Å². The Balaban J connectivity index is 0.000000125. The summed E-state index contributed by atoms with van der Waals surface area (Å²) in [6, 6.07) is 0.353. The molecule has 20 rings (SSSR count). The monoisotopic (exact) mass is 1500 g/mol. The van der Waals surface area contributed by atoms with Crippen molar-refractivity contribution < 1.29 is 61.9 Å². The average Bonchev–Trinajstić information content (AvgIpc) is 1.53. The number of nitrogens with zero attached hydrogens (tertiary/aromatic N) is 4. The van der Waals surface area contributed by atoms with Gasteiger partial charge >= 0.3 is 11.9 Å². The van der Waals surface area contributed by atoms with Crippen molar-refractivity contribution in [3.8, 4) is 0 Å². The number of rotatable bonds is 6. The van der Waals surface area contributed by atoms with Gasteiger partial charge in [-0.1, -0.05) is 150 Å². The maximum absolute atomic E-state index is 12.1. The van der Waals surface area contributed by atoms with Crippen LogP contribution in [-0.4, -0.2) is 61.1 Å². The number of hydrogen-bond acceptors (Lipinski definition) is 10. The molecule has 4 aromatic rings. The molecule has 0 aliphatic heterocycles. The summed E-state index contributed by atoms with van der Waals surface area (Å²) in [7, 11) is 0. The fraction of sp³-hybridized carbons (Fsp3) is 0.610. The molecule has 0 amide bonds. The van der Waals surface area contributed by atoms with E-state index in [-0.39, 0.29) is 212 Å². The maximum Gasteiger partial charge on any atom is 0.302 e. The lowest BCUT2D eigenvalue weighted by Crippen LogP contribution is -2.50. The second-order valence-corrected chi connectivity index (χ2v) is 37.8. The molecule has 16 aliphatic rings. The van der Waals surface area contributed by atoms with Gasteiger partial charge in [0.2, 0.25) is 0 Å². The highest BCUT2D eigenvalue weighted by molar-refractivity contribution is 5.83. The highest BCUT2D eigenvalue weighted by Crippen LogP contribution is 2.72. The molecule has 0 saturated heterocycles. The van der Waals surface area contributed by atoms with Gasteiger partial charge in [0, 0.05) is 91.7 Å². The summed E-state index contributed by atoms with van der Waals surface area (Å²) in [4.78, 5) is 50.7. The van der Waals surface area contributed by atoms with Gasteiger partial charge in [-0.05, 0) is 337 Å². The van der Waals surface area contributed by atoms with Crippen molar-refractivity contribution in [3.05, 3.63) is 191 Å². The third-order valence-corrected chi connectivity index (χ3v) is 32.8. The third kappa shape index (κ3) is 12.8. The molecule has 110 heavy (non-hydrogen) atoms. The Kier molecular flexibility index (Phi) is 13.9.